The van der Waals surface area contributed by atoms with Gasteiger partial charge in [-0.05, 0) is 24.6 Å². The lowest BCUT2D eigenvalue weighted by Crippen LogP contribution is -2.45. The Morgan fingerprint density at radius 1 is 1.22 bits per heavy atom. The molecule has 126 valence electrons. The Bertz CT molecular complexity index is 724. The Morgan fingerprint density at radius 2 is 1.96 bits per heavy atom. The minimum Gasteiger partial charge on any atom is -0.334 e. The molecule has 10 heteroatoms. The molecule has 2 rings (SSSR count). The molecule has 0 aliphatic carbocycles. The van der Waals surface area contributed by atoms with E-state index in [0.29, 0.717) is 22.2 Å². The normalized spacial score (nSPS) is 19.1. The van der Waals surface area contributed by atoms with Gasteiger partial charge in [0.05, 0.1) is 28.1 Å². The third kappa shape index (κ3) is 5.56. The molecule has 1 aromatic rings. The second-order valence-electron chi connectivity index (χ2n) is 5.10. The van der Waals surface area contributed by atoms with Crippen molar-refractivity contribution in [3.8, 4) is 0 Å². The van der Waals surface area contributed by atoms with Crippen LogP contribution in [0.3, 0.4) is 0 Å². The van der Waals surface area contributed by atoms with Crippen molar-refractivity contribution in [3.05, 3.63) is 28.2 Å². The van der Waals surface area contributed by atoms with Crippen LogP contribution in [0.5, 0.6) is 0 Å². The second kappa shape index (κ2) is 7.37. The van der Waals surface area contributed by atoms with Crippen LogP contribution in [0.1, 0.15) is 6.42 Å². The highest BCUT2D eigenvalue weighted by Gasteiger charge is 2.28. The van der Waals surface area contributed by atoms with Crippen molar-refractivity contribution < 1.29 is 18.0 Å². The Hall–Kier alpha value is -1.51. The first kappa shape index (κ1) is 17.8. The van der Waals surface area contributed by atoms with Gasteiger partial charge in [0.15, 0.2) is 9.84 Å². The third-order valence-electron chi connectivity index (χ3n) is 3.18. The van der Waals surface area contributed by atoms with Crippen molar-refractivity contribution >= 4 is 50.7 Å². The molecule has 0 aromatic heterocycles. The Balaban J connectivity index is 1.75. The van der Waals surface area contributed by atoms with Crippen LogP contribution in [0.4, 0.5) is 10.5 Å². The molecular formula is C13H15Cl2N3O4S. The molecule has 0 saturated carbocycles. The van der Waals surface area contributed by atoms with Crippen LogP contribution in [0, 0.1) is 0 Å². The Morgan fingerprint density at radius 3 is 2.57 bits per heavy atom. The molecule has 3 N–H and O–H groups in total. The number of hydrogen-bond acceptors (Lipinski definition) is 4. The van der Waals surface area contributed by atoms with Crippen molar-refractivity contribution in [2.24, 2.45) is 0 Å². The first-order valence-corrected chi connectivity index (χ1v) is 9.32. The molecule has 0 spiro atoms. The van der Waals surface area contributed by atoms with E-state index in [9.17, 15) is 18.0 Å². The van der Waals surface area contributed by atoms with Crippen LogP contribution in [0.2, 0.25) is 10.0 Å². The highest BCUT2D eigenvalue weighted by molar-refractivity contribution is 7.91. The fourth-order valence-corrected chi connectivity index (χ4v) is 4.06. The van der Waals surface area contributed by atoms with Gasteiger partial charge in [0.1, 0.15) is 0 Å². The molecule has 1 heterocycles. The summed E-state index contributed by atoms with van der Waals surface area (Å²) in [4.78, 5) is 23.4. The monoisotopic (exact) mass is 379 g/mol. The molecule has 1 atom stereocenters. The van der Waals surface area contributed by atoms with E-state index in [0.717, 1.165) is 0 Å². The number of nitrogens with one attached hydrogen (secondary N) is 3. The summed E-state index contributed by atoms with van der Waals surface area (Å²) >= 11 is 11.6. The molecule has 0 radical (unpaired) electrons. The van der Waals surface area contributed by atoms with Crippen LogP contribution in [-0.4, -0.2) is 44.4 Å². The number of rotatable bonds is 4. The number of benzene rings is 1. The second-order valence-corrected chi connectivity index (χ2v) is 8.15. The van der Waals surface area contributed by atoms with Gasteiger partial charge in [-0.3, -0.25) is 4.79 Å². The van der Waals surface area contributed by atoms with Gasteiger partial charge < -0.3 is 16.0 Å². The van der Waals surface area contributed by atoms with Crippen LogP contribution in [-0.2, 0) is 14.6 Å². The highest BCUT2D eigenvalue weighted by atomic mass is 35.5. The quantitative estimate of drug-likeness (QED) is 0.735. The summed E-state index contributed by atoms with van der Waals surface area (Å²) in [7, 11) is -3.07. The summed E-state index contributed by atoms with van der Waals surface area (Å²) in [6.45, 7) is -0.258. The standard InChI is InChI=1S/C13H15Cl2N3O4S/c14-10-2-1-8(5-11(10)15)17-12(19)6-16-13(20)18-9-3-4-23(21,22)7-9/h1-2,5,9H,3-4,6-7H2,(H,17,19)(H2,16,18,20). The maximum absolute atomic E-state index is 11.7. The van der Waals surface area contributed by atoms with Gasteiger partial charge in [0.25, 0.3) is 0 Å². The van der Waals surface area contributed by atoms with E-state index in [4.69, 9.17) is 23.2 Å². The zero-order valence-electron chi connectivity index (χ0n) is 11.9. The first-order valence-electron chi connectivity index (χ1n) is 6.75. The summed E-state index contributed by atoms with van der Waals surface area (Å²) in [6, 6.07) is 3.61. The average Bonchev–Trinajstić information content (AvgIpc) is 2.80. The number of hydrogen-bond donors (Lipinski definition) is 3. The number of amides is 3. The van der Waals surface area contributed by atoms with Gasteiger partial charge in [0.2, 0.25) is 5.91 Å². The predicted octanol–water partition coefficient (Wildman–Crippen LogP) is 1.42. The lowest BCUT2D eigenvalue weighted by Gasteiger charge is -2.12. The van der Waals surface area contributed by atoms with Crippen LogP contribution < -0.4 is 16.0 Å². The fourth-order valence-electron chi connectivity index (χ4n) is 2.08. The lowest BCUT2D eigenvalue weighted by atomic mass is 10.3. The van der Waals surface area contributed by atoms with Crippen molar-refractivity contribution in [2.75, 3.05) is 23.4 Å². The number of halogens is 2. The Labute approximate surface area is 143 Å². The minimum atomic E-state index is -3.07. The zero-order valence-corrected chi connectivity index (χ0v) is 14.3. The molecule has 1 aromatic carbocycles. The minimum absolute atomic E-state index is 0.0652. The van der Waals surface area contributed by atoms with E-state index in [2.05, 4.69) is 16.0 Å². The molecular weight excluding hydrogens is 365 g/mol. The van der Waals surface area contributed by atoms with Gasteiger partial charge in [0, 0.05) is 11.7 Å². The van der Waals surface area contributed by atoms with Crippen LogP contribution in [0.15, 0.2) is 18.2 Å². The maximum atomic E-state index is 11.7. The van der Waals surface area contributed by atoms with E-state index < -0.39 is 27.8 Å². The average molecular weight is 380 g/mol. The predicted molar refractivity (Wildman–Crippen MR) is 88.7 cm³/mol. The molecule has 3 amide bonds. The van der Waals surface area contributed by atoms with Gasteiger partial charge in [-0.15, -0.1) is 0 Å². The van der Waals surface area contributed by atoms with Crippen LogP contribution >= 0.6 is 23.2 Å². The summed E-state index contributed by atoms with van der Waals surface area (Å²) in [6.07, 6.45) is 0.380. The number of sulfone groups is 1. The third-order valence-corrected chi connectivity index (χ3v) is 5.69. The number of anilines is 1. The van der Waals surface area contributed by atoms with E-state index in [1.807, 2.05) is 0 Å². The maximum Gasteiger partial charge on any atom is 0.315 e. The molecule has 1 aliphatic heterocycles. The number of carbonyl (C=O) groups excluding carboxylic acids is 2. The van der Waals surface area contributed by atoms with Crippen molar-refractivity contribution in [2.45, 2.75) is 12.5 Å². The van der Waals surface area contributed by atoms with E-state index in [1.165, 1.54) is 6.07 Å². The molecule has 1 saturated heterocycles. The van der Waals surface area contributed by atoms with Crippen LogP contribution in [0.25, 0.3) is 0 Å². The molecule has 0 bridgehead atoms. The molecule has 1 fully saturated rings. The topological polar surface area (TPSA) is 104 Å². The highest BCUT2D eigenvalue weighted by Crippen LogP contribution is 2.24. The Kier molecular flexibility index (Phi) is 5.72. The molecule has 1 unspecified atom stereocenters. The van der Waals surface area contributed by atoms with Gasteiger partial charge in [-0.1, -0.05) is 23.2 Å². The summed E-state index contributed by atoms with van der Waals surface area (Å²) < 4.78 is 22.6. The van der Waals surface area contributed by atoms with E-state index >= 15 is 0 Å². The smallest absolute Gasteiger partial charge is 0.315 e. The van der Waals surface area contributed by atoms with Gasteiger partial charge >= 0.3 is 6.03 Å². The van der Waals surface area contributed by atoms with Gasteiger partial charge in [-0.25, -0.2) is 13.2 Å². The zero-order chi connectivity index (χ0) is 17.0. The largest absolute Gasteiger partial charge is 0.334 e. The lowest BCUT2D eigenvalue weighted by molar-refractivity contribution is -0.115. The SMILES string of the molecule is O=C(CNC(=O)NC1CCS(=O)(=O)C1)Nc1ccc(Cl)c(Cl)c1. The molecule has 23 heavy (non-hydrogen) atoms. The van der Waals surface area contributed by atoms with Gasteiger partial charge in [-0.2, -0.15) is 0 Å². The summed E-state index contributed by atoms with van der Waals surface area (Å²) in [5.41, 5.74) is 0.452. The molecule has 1 aliphatic rings. The summed E-state index contributed by atoms with van der Waals surface area (Å²) in [5, 5.41) is 8.11. The number of urea groups is 1. The van der Waals surface area contributed by atoms with E-state index in [1.54, 1.807) is 12.1 Å². The van der Waals surface area contributed by atoms with E-state index in [-0.39, 0.29) is 18.1 Å². The fraction of sp³-hybridized carbons (Fsp3) is 0.385. The van der Waals surface area contributed by atoms with Crippen molar-refractivity contribution in [1.29, 1.82) is 0 Å². The van der Waals surface area contributed by atoms with Crippen molar-refractivity contribution in [1.82, 2.24) is 10.6 Å². The first-order chi connectivity index (χ1) is 10.7. The number of carbonyl (C=O) groups is 2. The van der Waals surface area contributed by atoms with Crippen molar-refractivity contribution in [3.63, 3.8) is 0 Å². The summed E-state index contributed by atoms with van der Waals surface area (Å²) in [5.74, 6) is -0.455. The molecule has 7 nitrogen and oxygen atoms in total.